The van der Waals surface area contributed by atoms with Crippen LogP contribution in [0.1, 0.15) is 31.9 Å². The minimum Gasteiger partial charge on any atom is -0.354 e. The average Bonchev–Trinajstić information content (AvgIpc) is 2.43. The van der Waals surface area contributed by atoms with Crippen molar-refractivity contribution in [3.05, 3.63) is 17.8 Å². The summed E-state index contributed by atoms with van der Waals surface area (Å²) in [6.07, 6.45) is 4.81. The first kappa shape index (κ1) is 14.2. The molecule has 0 aliphatic carbocycles. The quantitative estimate of drug-likeness (QED) is 0.829. The maximum absolute atomic E-state index is 14.0. The normalized spacial score (nSPS) is 16.9. The summed E-state index contributed by atoms with van der Waals surface area (Å²) < 4.78 is 14.0. The van der Waals surface area contributed by atoms with Crippen LogP contribution in [0.15, 0.2) is 6.33 Å². The van der Waals surface area contributed by atoms with Gasteiger partial charge >= 0.3 is 0 Å². The summed E-state index contributed by atoms with van der Waals surface area (Å²) in [5.74, 6) is 0.895. The Hall–Kier alpha value is -1.23. The molecule has 1 aliphatic rings. The highest BCUT2D eigenvalue weighted by Crippen LogP contribution is 2.24. The fraction of sp³-hybridized carbons (Fsp3) is 0.714. The van der Waals surface area contributed by atoms with Crippen LogP contribution in [0.5, 0.6) is 0 Å². The standard InChI is InChI=1S/C14H23FN4/c1-3-6-16-9-12-4-7-19(8-5-12)14-13(15)11(2)17-10-18-14/h10,12,16H,3-9H2,1-2H3. The minimum absolute atomic E-state index is 0.273. The molecule has 1 aliphatic heterocycles. The molecule has 1 fully saturated rings. The lowest BCUT2D eigenvalue weighted by Crippen LogP contribution is -2.38. The Bertz CT molecular complexity index is 402. The highest BCUT2D eigenvalue weighted by Gasteiger charge is 2.22. The molecule has 0 atom stereocenters. The van der Waals surface area contributed by atoms with Crippen LogP contribution < -0.4 is 10.2 Å². The summed E-state index contributed by atoms with van der Waals surface area (Å²) in [4.78, 5) is 10.0. The van der Waals surface area contributed by atoms with Crippen molar-refractivity contribution in [1.29, 1.82) is 0 Å². The number of anilines is 1. The van der Waals surface area contributed by atoms with Gasteiger partial charge in [-0.1, -0.05) is 6.92 Å². The number of hydrogen-bond donors (Lipinski definition) is 1. The summed E-state index contributed by atoms with van der Waals surface area (Å²) in [7, 11) is 0. The Kier molecular flexibility index (Phi) is 5.07. The molecule has 0 amide bonds. The zero-order valence-corrected chi connectivity index (χ0v) is 11.8. The van der Waals surface area contributed by atoms with Crippen molar-refractivity contribution in [2.75, 3.05) is 31.1 Å². The molecule has 0 saturated carbocycles. The van der Waals surface area contributed by atoms with Gasteiger partial charge in [0, 0.05) is 13.1 Å². The Labute approximate surface area is 114 Å². The van der Waals surface area contributed by atoms with Crippen molar-refractivity contribution in [1.82, 2.24) is 15.3 Å². The van der Waals surface area contributed by atoms with Gasteiger partial charge in [0.2, 0.25) is 0 Å². The smallest absolute Gasteiger partial charge is 0.186 e. The predicted octanol–water partition coefficient (Wildman–Crippen LogP) is 2.14. The van der Waals surface area contributed by atoms with Gasteiger partial charge in [-0.25, -0.2) is 14.4 Å². The molecule has 1 N–H and O–H groups in total. The molecule has 0 radical (unpaired) electrons. The molecule has 0 bridgehead atoms. The number of halogens is 1. The maximum atomic E-state index is 14.0. The SMILES string of the molecule is CCCNCC1CCN(c2ncnc(C)c2F)CC1. The molecule has 1 aromatic rings. The van der Waals surface area contributed by atoms with E-state index in [1.807, 2.05) is 4.90 Å². The molecular weight excluding hydrogens is 243 g/mol. The number of rotatable bonds is 5. The first-order valence-electron chi connectivity index (χ1n) is 7.15. The average molecular weight is 266 g/mol. The van der Waals surface area contributed by atoms with E-state index in [2.05, 4.69) is 22.2 Å². The number of hydrogen-bond acceptors (Lipinski definition) is 4. The van der Waals surface area contributed by atoms with Crippen LogP contribution in [-0.4, -0.2) is 36.1 Å². The fourth-order valence-corrected chi connectivity index (χ4v) is 2.50. The summed E-state index contributed by atoms with van der Waals surface area (Å²) in [6, 6.07) is 0. The number of piperidine rings is 1. The second-order valence-electron chi connectivity index (χ2n) is 5.23. The zero-order chi connectivity index (χ0) is 13.7. The molecule has 5 heteroatoms. The molecule has 19 heavy (non-hydrogen) atoms. The summed E-state index contributed by atoms with van der Waals surface area (Å²) in [5, 5.41) is 3.46. The van der Waals surface area contributed by atoms with Crippen molar-refractivity contribution in [2.24, 2.45) is 5.92 Å². The number of aromatic nitrogens is 2. The van der Waals surface area contributed by atoms with Gasteiger partial charge in [-0.05, 0) is 45.2 Å². The van der Waals surface area contributed by atoms with E-state index in [4.69, 9.17) is 0 Å². The van der Waals surface area contributed by atoms with Crippen LogP contribution in [0.25, 0.3) is 0 Å². The van der Waals surface area contributed by atoms with Crippen molar-refractivity contribution < 1.29 is 4.39 Å². The fourth-order valence-electron chi connectivity index (χ4n) is 2.50. The lowest BCUT2D eigenvalue weighted by atomic mass is 9.96. The topological polar surface area (TPSA) is 41.0 Å². The van der Waals surface area contributed by atoms with E-state index in [0.29, 0.717) is 17.4 Å². The Balaban J connectivity index is 1.87. The summed E-state index contributed by atoms with van der Waals surface area (Å²) >= 11 is 0. The van der Waals surface area contributed by atoms with Gasteiger partial charge in [-0.15, -0.1) is 0 Å². The Morgan fingerprint density at radius 1 is 1.37 bits per heavy atom. The van der Waals surface area contributed by atoms with Gasteiger partial charge < -0.3 is 10.2 Å². The first-order valence-corrected chi connectivity index (χ1v) is 7.15. The van der Waals surface area contributed by atoms with Gasteiger partial charge in [-0.2, -0.15) is 0 Å². The van der Waals surface area contributed by atoms with Crippen LogP contribution in [-0.2, 0) is 0 Å². The second kappa shape index (κ2) is 6.80. The zero-order valence-electron chi connectivity index (χ0n) is 11.8. The van der Waals surface area contributed by atoms with Crippen LogP contribution in [0.2, 0.25) is 0 Å². The Morgan fingerprint density at radius 3 is 2.79 bits per heavy atom. The van der Waals surface area contributed by atoms with Crippen molar-refractivity contribution in [3.8, 4) is 0 Å². The van der Waals surface area contributed by atoms with Gasteiger partial charge in [0.1, 0.15) is 6.33 Å². The largest absolute Gasteiger partial charge is 0.354 e. The molecule has 4 nitrogen and oxygen atoms in total. The molecule has 0 unspecified atom stereocenters. The lowest BCUT2D eigenvalue weighted by molar-refractivity contribution is 0.379. The van der Waals surface area contributed by atoms with Crippen molar-refractivity contribution >= 4 is 5.82 Å². The van der Waals surface area contributed by atoms with Crippen LogP contribution in [0.4, 0.5) is 10.2 Å². The number of aryl methyl sites for hydroxylation is 1. The molecule has 0 aromatic carbocycles. The highest BCUT2D eigenvalue weighted by atomic mass is 19.1. The van der Waals surface area contributed by atoms with Gasteiger partial charge in [0.05, 0.1) is 5.69 Å². The van der Waals surface area contributed by atoms with E-state index in [1.54, 1.807) is 6.92 Å². The number of nitrogens with one attached hydrogen (secondary N) is 1. The first-order chi connectivity index (χ1) is 9.22. The van der Waals surface area contributed by atoms with Crippen LogP contribution in [0, 0.1) is 18.7 Å². The molecule has 2 rings (SSSR count). The molecule has 1 saturated heterocycles. The van der Waals surface area contributed by atoms with Gasteiger partial charge in [0.25, 0.3) is 0 Å². The third kappa shape index (κ3) is 3.62. The highest BCUT2D eigenvalue weighted by molar-refractivity contribution is 5.41. The summed E-state index contributed by atoms with van der Waals surface area (Å²) in [5.41, 5.74) is 0.428. The summed E-state index contributed by atoms with van der Waals surface area (Å²) in [6.45, 7) is 7.78. The van der Waals surface area contributed by atoms with E-state index in [0.717, 1.165) is 39.0 Å². The molecular formula is C14H23FN4. The predicted molar refractivity (Wildman–Crippen MR) is 74.8 cm³/mol. The number of nitrogens with zero attached hydrogens (tertiary/aromatic N) is 3. The molecule has 106 valence electrons. The second-order valence-corrected chi connectivity index (χ2v) is 5.23. The lowest BCUT2D eigenvalue weighted by Gasteiger charge is -2.33. The van der Waals surface area contributed by atoms with Crippen molar-refractivity contribution in [2.45, 2.75) is 33.1 Å². The van der Waals surface area contributed by atoms with Gasteiger partial charge in [0.15, 0.2) is 11.6 Å². The van der Waals surface area contributed by atoms with Crippen LogP contribution in [0.3, 0.4) is 0 Å². The van der Waals surface area contributed by atoms with E-state index in [9.17, 15) is 4.39 Å². The third-order valence-electron chi connectivity index (χ3n) is 3.72. The minimum atomic E-state index is -0.273. The van der Waals surface area contributed by atoms with E-state index in [-0.39, 0.29) is 5.82 Å². The molecule has 0 spiro atoms. The van der Waals surface area contributed by atoms with Gasteiger partial charge in [-0.3, -0.25) is 0 Å². The Morgan fingerprint density at radius 2 is 2.11 bits per heavy atom. The van der Waals surface area contributed by atoms with E-state index < -0.39 is 0 Å². The van der Waals surface area contributed by atoms with E-state index in [1.165, 1.54) is 12.7 Å². The molecule has 2 heterocycles. The molecule has 1 aromatic heterocycles. The maximum Gasteiger partial charge on any atom is 0.186 e. The third-order valence-corrected chi connectivity index (χ3v) is 3.72. The van der Waals surface area contributed by atoms with E-state index >= 15 is 0 Å². The van der Waals surface area contributed by atoms with Crippen LogP contribution >= 0.6 is 0 Å². The van der Waals surface area contributed by atoms with Crippen molar-refractivity contribution in [3.63, 3.8) is 0 Å². The monoisotopic (exact) mass is 266 g/mol.